The molecule has 172 valence electrons. The van der Waals surface area contributed by atoms with Crippen LogP contribution in [0.15, 0.2) is 71.1 Å². The highest BCUT2D eigenvalue weighted by Gasteiger charge is 2.25. The zero-order chi connectivity index (χ0) is 24.2. The molecule has 0 saturated carbocycles. The van der Waals surface area contributed by atoms with Crippen LogP contribution in [0.4, 0.5) is 4.39 Å². The van der Waals surface area contributed by atoms with Crippen LogP contribution < -0.4 is 4.74 Å². The summed E-state index contributed by atoms with van der Waals surface area (Å²) in [4.78, 5) is 27.1. The van der Waals surface area contributed by atoms with Crippen molar-refractivity contribution in [1.82, 2.24) is 8.75 Å². The molecule has 1 N–H and O–H groups in total. The average Bonchev–Trinajstić information content (AvgIpc) is 3.31. The van der Waals surface area contributed by atoms with Crippen LogP contribution in [0.5, 0.6) is 5.75 Å². The highest BCUT2D eigenvalue weighted by molar-refractivity contribution is 7.98. The van der Waals surface area contributed by atoms with Crippen LogP contribution in [-0.2, 0) is 11.2 Å². The lowest BCUT2D eigenvalue weighted by atomic mass is 9.89. The summed E-state index contributed by atoms with van der Waals surface area (Å²) >= 11 is 2.55. The first-order valence-electron chi connectivity index (χ1n) is 10.1. The van der Waals surface area contributed by atoms with Gasteiger partial charge >= 0.3 is 5.97 Å². The maximum absolute atomic E-state index is 14.4. The van der Waals surface area contributed by atoms with E-state index in [1.54, 1.807) is 48.5 Å². The molecular formula is C25H19FN2O4S2. The van der Waals surface area contributed by atoms with Gasteiger partial charge in [0.2, 0.25) is 0 Å². The lowest BCUT2D eigenvalue weighted by Crippen LogP contribution is -2.14. The zero-order valence-electron chi connectivity index (χ0n) is 18.2. The Bertz CT molecular complexity index is 1410. The first kappa shape index (κ1) is 23.6. The number of carbonyl (C=O) groups excluding carboxylic acids is 1. The molecule has 1 heterocycles. The molecule has 6 nitrogen and oxygen atoms in total. The van der Waals surface area contributed by atoms with Crippen molar-refractivity contribution in [3.05, 3.63) is 88.7 Å². The zero-order valence-corrected chi connectivity index (χ0v) is 19.9. The van der Waals surface area contributed by atoms with Crippen molar-refractivity contribution in [3.8, 4) is 5.75 Å². The molecule has 1 aromatic heterocycles. The topological polar surface area (TPSA) is 89.4 Å². The number of aromatic nitrogens is 2. The van der Waals surface area contributed by atoms with Crippen LogP contribution in [0.3, 0.4) is 0 Å². The standard InChI is InChI=1S/C25H19FN2O4S2/c1-32-22-10-3-14(12-19(22)26)11-18(24(29)15-4-7-17(33-2)8-5-15)23(25(30)31)16-6-9-20-21(13-16)28-34-27-20/h3-10,12-13H,11H2,1-2H3,(H,30,31). The lowest BCUT2D eigenvalue weighted by molar-refractivity contribution is -0.130. The van der Waals surface area contributed by atoms with Crippen LogP contribution in [0.25, 0.3) is 16.6 Å². The number of ether oxygens (including phenoxy) is 1. The van der Waals surface area contributed by atoms with Gasteiger partial charge in [-0.1, -0.05) is 12.1 Å². The molecule has 34 heavy (non-hydrogen) atoms. The second-order valence-corrected chi connectivity index (χ2v) is 8.74. The summed E-state index contributed by atoms with van der Waals surface area (Å²) in [6.07, 6.45) is 1.84. The predicted molar refractivity (Wildman–Crippen MR) is 131 cm³/mol. The average molecular weight is 495 g/mol. The summed E-state index contributed by atoms with van der Waals surface area (Å²) in [6, 6.07) is 16.1. The van der Waals surface area contributed by atoms with Crippen molar-refractivity contribution in [2.24, 2.45) is 0 Å². The molecule has 0 unspecified atom stereocenters. The van der Waals surface area contributed by atoms with Crippen LogP contribution in [-0.4, -0.2) is 39.0 Å². The van der Waals surface area contributed by atoms with Gasteiger partial charge in [0, 0.05) is 22.5 Å². The second kappa shape index (κ2) is 10.1. The maximum atomic E-state index is 14.4. The highest BCUT2D eigenvalue weighted by Crippen LogP contribution is 2.29. The Balaban J connectivity index is 1.89. The molecule has 4 rings (SSSR count). The van der Waals surface area contributed by atoms with E-state index in [1.165, 1.54) is 31.0 Å². The minimum atomic E-state index is -1.26. The predicted octanol–water partition coefficient (Wildman–Crippen LogP) is 5.52. The SMILES string of the molecule is COc1ccc(CC(C(=O)c2ccc(SC)cc2)=C(C(=O)O)c2ccc3nsnc3c2)cc1F. The summed E-state index contributed by atoms with van der Waals surface area (Å²) in [5.41, 5.74) is 2.16. The van der Waals surface area contributed by atoms with Gasteiger partial charge in [-0.25, -0.2) is 9.18 Å². The van der Waals surface area contributed by atoms with Gasteiger partial charge in [-0.15, -0.1) is 11.8 Å². The number of hydrogen-bond donors (Lipinski definition) is 1. The van der Waals surface area contributed by atoms with E-state index in [9.17, 15) is 19.1 Å². The van der Waals surface area contributed by atoms with Gasteiger partial charge in [0.1, 0.15) is 11.0 Å². The summed E-state index contributed by atoms with van der Waals surface area (Å²) in [7, 11) is 1.36. The number of rotatable bonds is 8. The highest BCUT2D eigenvalue weighted by atomic mass is 32.2. The van der Waals surface area contributed by atoms with Crippen molar-refractivity contribution in [3.63, 3.8) is 0 Å². The fraction of sp³-hybridized carbons (Fsp3) is 0.120. The number of nitrogens with zero attached hydrogens (tertiary/aromatic N) is 2. The summed E-state index contributed by atoms with van der Waals surface area (Å²) in [6.45, 7) is 0. The summed E-state index contributed by atoms with van der Waals surface area (Å²) < 4.78 is 27.7. The monoisotopic (exact) mass is 494 g/mol. The van der Waals surface area contributed by atoms with Gasteiger partial charge in [-0.05, 0) is 65.9 Å². The van der Waals surface area contributed by atoms with Crippen LogP contribution in [0, 0.1) is 5.82 Å². The van der Waals surface area contributed by atoms with Gasteiger partial charge in [0.05, 0.1) is 24.4 Å². The third-order valence-corrected chi connectivity index (χ3v) is 6.58. The summed E-state index contributed by atoms with van der Waals surface area (Å²) in [5.74, 6) is -2.24. The van der Waals surface area contributed by atoms with Crippen LogP contribution >= 0.6 is 23.5 Å². The van der Waals surface area contributed by atoms with Crippen molar-refractivity contribution < 1.29 is 23.8 Å². The molecule has 0 aliphatic rings. The quantitative estimate of drug-likeness (QED) is 0.196. The van der Waals surface area contributed by atoms with Gasteiger partial charge < -0.3 is 9.84 Å². The number of allylic oxidation sites excluding steroid dienone is 1. The van der Waals surface area contributed by atoms with Gasteiger partial charge in [-0.2, -0.15) is 8.75 Å². The van der Waals surface area contributed by atoms with Gasteiger partial charge in [-0.3, -0.25) is 4.79 Å². The molecule has 0 fully saturated rings. The molecule has 0 atom stereocenters. The van der Waals surface area contributed by atoms with E-state index in [1.807, 2.05) is 6.26 Å². The molecule has 0 spiro atoms. The fourth-order valence-corrected chi connectivity index (χ4v) is 4.51. The molecule has 0 radical (unpaired) electrons. The number of hydrogen-bond acceptors (Lipinski definition) is 7. The number of Topliss-reactive ketones (excluding diaryl/α,β-unsaturated/α-hetero) is 1. The normalized spacial score (nSPS) is 11.9. The van der Waals surface area contributed by atoms with Gasteiger partial charge in [0.25, 0.3) is 0 Å². The molecule has 4 aromatic rings. The maximum Gasteiger partial charge on any atom is 0.336 e. The van der Waals surface area contributed by atoms with Crippen molar-refractivity contribution >= 4 is 51.8 Å². The van der Waals surface area contributed by atoms with E-state index in [-0.39, 0.29) is 23.3 Å². The Hall–Kier alpha value is -3.56. The third kappa shape index (κ3) is 4.85. The number of fused-ring (bicyclic) bond motifs is 1. The molecule has 0 amide bonds. The van der Waals surface area contributed by atoms with E-state index in [0.29, 0.717) is 27.7 Å². The lowest BCUT2D eigenvalue weighted by Gasteiger charge is -2.14. The molecule has 0 aliphatic carbocycles. The number of halogens is 1. The van der Waals surface area contributed by atoms with E-state index >= 15 is 0 Å². The largest absolute Gasteiger partial charge is 0.494 e. The molecule has 9 heteroatoms. The van der Waals surface area contributed by atoms with E-state index in [0.717, 1.165) is 16.6 Å². The minimum Gasteiger partial charge on any atom is -0.494 e. The molecular weight excluding hydrogens is 475 g/mol. The third-order valence-electron chi connectivity index (χ3n) is 5.28. The Morgan fingerprint density at radius 3 is 2.35 bits per heavy atom. The first-order chi connectivity index (χ1) is 16.4. The number of carboxylic acid groups (broad SMARTS) is 1. The smallest absolute Gasteiger partial charge is 0.336 e. The number of benzene rings is 3. The number of methoxy groups -OCH3 is 1. The van der Waals surface area contributed by atoms with E-state index in [4.69, 9.17) is 4.74 Å². The van der Waals surface area contributed by atoms with Crippen molar-refractivity contribution in [1.29, 1.82) is 0 Å². The Kier molecular flexibility index (Phi) is 7.04. The van der Waals surface area contributed by atoms with Gasteiger partial charge in [0.15, 0.2) is 17.3 Å². The van der Waals surface area contributed by atoms with E-state index < -0.39 is 17.6 Å². The fourth-order valence-electron chi connectivity index (χ4n) is 3.59. The van der Waals surface area contributed by atoms with Crippen LogP contribution in [0.1, 0.15) is 21.5 Å². The number of carbonyl (C=O) groups is 2. The van der Waals surface area contributed by atoms with E-state index in [2.05, 4.69) is 8.75 Å². The van der Waals surface area contributed by atoms with Crippen molar-refractivity contribution in [2.75, 3.05) is 13.4 Å². The first-order valence-corrected chi connectivity index (χ1v) is 12.1. The second-order valence-electron chi connectivity index (χ2n) is 7.33. The summed E-state index contributed by atoms with van der Waals surface area (Å²) in [5, 5.41) is 10.2. The number of carboxylic acids is 1. The Morgan fingerprint density at radius 2 is 1.71 bits per heavy atom. The number of ketones is 1. The van der Waals surface area contributed by atoms with Crippen molar-refractivity contribution in [2.45, 2.75) is 11.3 Å². The molecule has 0 bridgehead atoms. The number of thioether (sulfide) groups is 1. The number of aliphatic carboxylic acids is 1. The Labute approximate surface area is 203 Å². The molecule has 3 aromatic carbocycles. The Morgan fingerprint density at radius 1 is 1.00 bits per heavy atom. The molecule has 0 aliphatic heterocycles. The molecule has 0 saturated heterocycles. The van der Waals surface area contributed by atoms with Crippen LogP contribution in [0.2, 0.25) is 0 Å². The minimum absolute atomic E-state index is 0.0384.